The molecule has 0 radical (unpaired) electrons. The Labute approximate surface area is 70.1 Å². The highest BCUT2D eigenvalue weighted by atomic mass is 32.2. The van der Waals surface area contributed by atoms with Gasteiger partial charge in [-0.05, 0) is 13.5 Å². The molecule has 0 aromatic carbocycles. The second-order valence-electron chi connectivity index (χ2n) is 3.72. The van der Waals surface area contributed by atoms with E-state index >= 15 is 0 Å². The minimum Gasteiger partial charge on any atom is -0.267 e. The smallest absolute Gasteiger partial charge is 0.0442 e. The van der Waals surface area contributed by atoms with Crippen LogP contribution in [0, 0.1) is 0 Å². The molecule has 0 heterocycles. The van der Waals surface area contributed by atoms with Crippen LogP contribution >= 0.6 is 11.9 Å². The van der Waals surface area contributed by atoms with E-state index in [1.165, 1.54) is 18.2 Å². The van der Waals surface area contributed by atoms with Crippen molar-refractivity contribution < 1.29 is 0 Å². The van der Waals surface area contributed by atoms with Crippen LogP contribution in [-0.4, -0.2) is 20.9 Å². The largest absolute Gasteiger partial charge is 0.267 e. The van der Waals surface area contributed by atoms with Gasteiger partial charge >= 0.3 is 0 Å². The second-order valence-corrected chi connectivity index (χ2v) is 10.4. The van der Waals surface area contributed by atoms with Gasteiger partial charge in [-0.3, -0.25) is 4.72 Å². The summed E-state index contributed by atoms with van der Waals surface area (Å²) in [5, 5.41) is 0. The van der Waals surface area contributed by atoms with Crippen LogP contribution in [0.4, 0.5) is 0 Å². The van der Waals surface area contributed by atoms with E-state index in [2.05, 4.69) is 24.4 Å². The van der Waals surface area contributed by atoms with Crippen LogP contribution in [0.3, 0.4) is 0 Å². The van der Waals surface area contributed by atoms with Crippen LogP contribution in [0.15, 0.2) is 0 Å². The van der Waals surface area contributed by atoms with Gasteiger partial charge in [0.05, 0.1) is 0 Å². The van der Waals surface area contributed by atoms with Crippen molar-refractivity contribution in [3.8, 4) is 0 Å². The summed E-state index contributed by atoms with van der Waals surface area (Å²) in [5.41, 5.74) is 0. The zero-order valence-corrected chi connectivity index (χ0v) is 9.35. The van der Waals surface area contributed by atoms with Gasteiger partial charge in [0.2, 0.25) is 0 Å². The molecule has 0 amide bonds. The van der Waals surface area contributed by atoms with Gasteiger partial charge in [0.1, 0.15) is 0 Å². The summed E-state index contributed by atoms with van der Waals surface area (Å²) in [6.45, 7) is 7.28. The Kier molecular flexibility index (Phi) is 5.49. The SMILES string of the molecule is CNSCCC[Si](C)(C)C. The Bertz CT molecular complexity index is 80.2. The molecule has 0 aliphatic carbocycles. The number of nitrogens with one attached hydrogen (secondary N) is 1. The molecular formula is C7H19NSSi. The highest BCUT2D eigenvalue weighted by Gasteiger charge is 2.11. The average Bonchev–Trinajstić information content (AvgIpc) is 1.78. The fourth-order valence-electron chi connectivity index (χ4n) is 0.777. The summed E-state index contributed by atoms with van der Waals surface area (Å²) >= 11 is 1.82. The van der Waals surface area contributed by atoms with Crippen molar-refractivity contribution in [1.29, 1.82) is 0 Å². The van der Waals surface area contributed by atoms with Crippen molar-refractivity contribution in [3.63, 3.8) is 0 Å². The Morgan fingerprint density at radius 3 is 2.30 bits per heavy atom. The van der Waals surface area contributed by atoms with Gasteiger partial charge in [0.25, 0.3) is 0 Å². The van der Waals surface area contributed by atoms with Crippen molar-refractivity contribution in [3.05, 3.63) is 0 Å². The quantitative estimate of drug-likeness (QED) is 0.393. The summed E-state index contributed by atoms with van der Waals surface area (Å²) in [4.78, 5) is 0. The lowest BCUT2D eigenvalue weighted by atomic mass is 10.6. The fourth-order valence-corrected chi connectivity index (χ4v) is 2.76. The third-order valence-electron chi connectivity index (χ3n) is 1.32. The Morgan fingerprint density at radius 1 is 1.30 bits per heavy atom. The molecule has 62 valence electrons. The van der Waals surface area contributed by atoms with E-state index in [1.54, 1.807) is 0 Å². The van der Waals surface area contributed by atoms with Gasteiger partial charge in [-0.1, -0.05) is 37.6 Å². The van der Waals surface area contributed by atoms with E-state index < -0.39 is 8.07 Å². The molecule has 0 saturated carbocycles. The summed E-state index contributed by atoms with van der Waals surface area (Å²) < 4.78 is 3.09. The monoisotopic (exact) mass is 177 g/mol. The van der Waals surface area contributed by atoms with Crippen LogP contribution in [-0.2, 0) is 0 Å². The van der Waals surface area contributed by atoms with Crippen molar-refractivity contribution in [1.82, 2.24) is 4.72 Å². The number of hydrogen-bond acceptors (Lipinski definition) is 2. The van der Waals surface area contributed by atoms with E-state index in [4.69, 9.17) is 0 Å². The summed E-state index contributed by atoms with van der Waals surface area (Å²) in [6, 6.07) is 1.46. The maximum absolute atomic E-state index is 3.09. The first-order valence-electron chi connectivity index (χ1n) is 3.85. The van der Waals surface area contributed by atoms with Crippen LogP contribution in [0.5, 0.6) is 0 Å². The normalized spacial score (nSPS) is 12.0. The second kappa shape index (κ2) is 5.21. The fraction of sp³-hybridized carbons (Fsp3) is 1.00. The van der Waals surface area contributed by atoms with E-state index in [0.717, 1.165) is 0 Å². The Hall–Kier alpha value is 0.527. The molecule has 0 aromatic rings. The third-order valence-corrected chi connectivity index (χ3v) is 3.95. The van der Waals surface area contributed by atoms with Gasteiger partial charge in [-0.2, -0.15) is 0 Å². The van der Waals surface area contributed by atoms with Crippen molar-refractivity contribution >= 4 is 20.0 Å². The molecule has 0 atom stereocenters. The lowest BCUT2D eigenvalue weighted by molar-refractivity contribution is 1.05. The van der Waals surface area contributed by atoms with E-state index in [1.807, 2.05) is 19.0 Å². The zero-order chi connectivity index (χ0) is 8.04. The summed E-state index contributed by atoms with van der Waals surface area (Å²) in [5.74, 6) is 1.26. The Morgan fingerprint density at radius 2 is 1.90 bits per heavy atom. The lowest BCUT2D eigenvalue weighted by Crippen LogP contribution is -2.19. The molecule has 3 heteroatoms. The third kappa shape index (κ3) is 8.53. The molecule has 10 heavy (non-hydrogen) atoms. The van der Waals surface area contributed by atoms with Crippen LogP contribution in [0.1, 0.15) is 6.42 Å². The molecule has 1 nitrogen and oxygen atoms in total. The first-order valence-corrected chi connectivity index (χ1v) is 8.54. The van der Waals surface area contributed by atoms with Crippen LogP contribution in [0.2, 0.25) is 25.7 Å². The van der Waals surface area contributed by atoms with Gasteiger partial charge < -0.3 is 0 Å². The zero-order valence-electron chi connectivity index (χ0n) is 7.53. The van der Waals surface area contributed by atoms with Crippen molar-refractivity contribution in [2.75, 3.05) is 12.8 Å². The van der Waals surface area contributed by atoms with E-state index in [-0.39, 0.29) is 0 Å². The minimum absolute atomic E-state index is 0.748. The highest BCUT2D eigenvalue weighted by Crippen LogP contribution is 2.12. The number of hydrogen-bond donors (Lipinski definition) is 1. The minimum atomic E-state index is -0.748. The molecule has 0 unspecified atom stereocenters. The number of rotatable bonds is 5. The molecule has 0 aliphatic rings. The molecule has 0 aromatic heterocycles. The first kappa shape index (κ1) is 10.5. The highest BCUT2D eigenvalue weighted by molar-refractivity contribution is 7.97. The standard InChI is InChI=1S/C7H19NSSi/c1-8-9-6-5-7-10(2,3)4/h8H,5-7H2,1-4H3. The first-order chi connectivity index (χ1) is 4.56. The predicted molar refractivity (Wildman–Crippen MR) is 54.3 cm³/mol. The van der Waals surface area contributed by atoms with Gasteiger partial charge in [-0.25, -0.2) is 0 Å². The van der Waals surface area contributed by atoms with Gasteiger partial charge in [0.15, 0.2) is 0 Å². The van der Waals surface area contributed by atoms with Crippen molar-refractivity contribution in [2.24, 2.45) is 0 Å². The van der Waals surface area contributed by atoms with Gasteiger partial charge in [0, 0.05) is 13.8 Å². The molecule has 0 aliphatic heterocycles. The predicted octanol–water partition coefficient (Wildman–Crippen LogP) is 2.58. The molecule has 0 bridgehead atoms. The van der Waals surface area contributed by atoms with Gasteiger partial charge in [-0.15, -0.1) is 0 Å². The molecule has 1 N–H and O–H groups in total. The van der Waals surface area contributed by atoms with Crippen LogP contribution < -0.4 is 4.72 Å². The maximum Gasteiger partial charge on any atom is 0.0442 e. The van der Waals surface area contributed by atoms with E-state index in [0.29, 0.717) is 0 Å². The van der Waals surface area contributed by atoms with Crippen LogP contribution in [0.25, 0.3) is 0 Å². The topological polar surface area (TPSA) is 12.0 Å². The van der Waals surface area contributed by atoms with Crippen molar-refractivity contribution in [2.45, 2.75) is 32.1 Å². The maximum atomic E-state index is 3.09. The molecule has 0 saturated heterocycles. The summed E-state index contributed by atoms with van der Waals surface area (Å²) in [7, 11) is 1.24. The Balaban J connectivity index is 3.04. The molecule has 0 fully saturated rings. The average molecular weight is 177 g/mol. The molecular weight excluding hydrogens is 158 g/mol. The lowest BCUT2D eigenvalue weighted by Gasteiger charge is -2.14. The summed E-state index contributed by atoms with van der Waals surface area (Å²) in [6.07, 6.45) is 1.38. The van der Waals surface area contributed by atoms with E-state index in [9.17, 15) is 0 Å². The molecule has 0 rings (SSSR count). The molecule has 0 spiro atoms.